The Morgan fingerprint density at radius 3 is 2.11 bits per heavy atom. The third-order valence-electron chi connectivity index (χ3n) is 20.2. The monoisotopic (exact) mass is 1370 g/mol. The van der Waals surface area contributed by atoms with Gasteiger partial charge in [0.15, 0.2) is 0 Å². The molecule has 9 rings (SSSR count). The second-order valence-corrected chi connectivity index (χ2v) is 30.1. The summed E-state index contributed by atoms with van der Waals surface area (Å²) >= 11 is 0. The van der Waals surface area contributed by atoms with E-state index in [1.165, 1.54) is 28.8 Å². The number of methoxy groups -OCH3 is 2. The second kappa shape index (κ2) is 32.9. The molecule has 22 heteroatoms. The summed E-state index contributed by atoms with van der Waals surface area (Å²) in [6.07, 6.45) is 0.344. The summed E-state index contributed by atoms with van der Waals surface area (Å²) in [5, 5.41) is 3.01. The molecule has 4 aromatic carbocycles. The van der Waals surface area contributed by atoms with Gasteiger partial charge in [-0.2, -0.15) is 26.3 Å². The van der Waals surface area contributed by atoms with E-state index < -0.39 is 54.1 Å². The standard InChI is InChI=1S/C73H96F6N4O10S2/c1-8-37-70(72(74,75)76,73(77,78)79)91-45-42-82(5)41-44-90-63-33-32-62-61-30-18-50-47-57(28-31-59(50)60(61)36-38-69(62,63)4)89-43-39-68(2,3)95-94-46-15-10-9-14-40-80-64(84)34-19-51-48-83(67(86)81-66(51)85)65-35-29-58(93-65)49-92-71(52-16-12-11-13-17-52,53-20-24-55(87-6)25-21-53)54-22-26-56(88-7)27-23-54/h11-13,16-17,20-28,31,47-48,58,60-63,65H,8-10,14-15,18-19,29-30,32-46,49H2,1-7H3,(H,80,84)(H,81,85,86)/t58-,60?,61?,62-,63-,65+,69-/m0/s1. The Kier molecular flexibility index (Phi) is 25.5. The number of benzene rings is 4. The smallest absolute Gasteiger partial charge is 0.426 e. The number of aromatic nitrogens is 2. The van der Waals surface area contributed by atoms with E-state index >= 15 is 0 Å². The third-order valence-corrected chi connectivity index (χ3v) is 23.6. The summed E-state index contributed by atoms with van der Waals surface area (Å²) in [4.78, 5) is 43.4. The zero-order valence-electron chi connectivity index (χ0n) is 56.0. The zero-order valence-corrected chi connectivity index (χ0v) is 57.7. The molecule has 2 N–H and O–H groups in total. The van der Waals surface area contributed by atoms with Gasteiger partial charge in [0.2, 0.25) is 5.91 Å². The van der Waals surface area contributed by atoms with Crippen LogP contribution < -0.4 is 30.8 Å². The van der Waals surface area contributed by atoms with Crippen LogP contribution in [0.25, 0.3) is 0 Å². The molecule has 1 aliphatic heterocycles. The van der Waals surface area contributed by atoms with Gasteiger partial charge in [-0.15, -0.1) is 0 Å². The average Bonchev–Trinajstić information content (AvgIpc) is 1.72. The van der Waals surface area contributed by atoms with Crippen LogP contribution in [0.15, 0.2) is 113 Å². The summed E-state index contributed by atoms with van der Waals surface area (Å²) in [6, 6.07) is 32.3. The highest BCUT2D eigenvalue weighted by atomic mass is 33.1. The van der Waals surface area contributed by atoms with Crippen LogP contribution in [0.2, 0.25) is 0 Å². The summed E-state index contributed by atoms with van der Waals surface area (Å²) < 4.78 is 126. The van der Waals surface area contributed by atoms with Gasteiger partial charge in [0.1, 0.15) is 29.1 Å². The molecule has 3 fully saturated rings. The van der Waals surface area contributed by atoms with Crippen molar-refractivity contribution in [2.45, 2.75) is 190 Å². The summed E-state index contributed by atoms with van der Waals surface area (Å²) in [5.41, 5.74) is -0.479. The number of amides is 1. The first-order chi connectivity index (χ1) is 45.4. The highest BCUT2D eigenvalue weighted by molar-refractivity contribution is 8.77. The molecule has 0 spiro atoms. The number of H-pyrrole nitrogens is 1. The molecule has 2 heterocycles. The molecular formula is C73H96F6N4O10S2. The zero-order chi connectivity index (χ0) is 68.0. The van der Waals surface area contributed by atoms with Crippen molar-refractivity contribution >= 4 is 27.5 Å². The number of unbranched alkanes of at least 4 members (excludes halogenated alkanes) is 3. The first-order valence-corrected chi connectivity index (χ1v) is 36.1. The van der Waals surface area contributed by atoms with Crippen LogP contribution in [0.3, 0.4) is 0 Å². The largest absolute Gasteiger partial charge is 0.497 e. The molecule has 14 nitrogen and oxygen atoms in total. The number of carbonyl (C=O) groups excluding carboxylic acids is 1. The molecule has 1 saturated heterocycles. The summed E-state index contributed by atoms with van der Waals surface area (Å²) in [7, 11) is 8.70. The van der Waals surface area contributed by atoms with E-state index in [0.717, 1.165) is 98.8 Å². The summed E-state index contributed by atoms with van der Waals surface area (Å²) in [5.74, 6) is 4.74. The maximum Gasteiger partial charge on any atom is 0.426 e. The third kappa shape index (κ3) is 17.9. The highest BCUT2D eigenvalue weighted by Gasteiger charge is 2.71. The molecule has 7 atom stereocenters. The van der Waals surface area contributed by atoms with Crippen molar-refractivity contribution in [1.29, 1.82) is 0 Å². The molecule has 2 unspecified atom stereocenters. The first kappa shape index (κ1) is 73.7. The number of halogens is 6. The van der Waals surface area contributed by atoms with Crippen LogP contribution >= 0.6 is 21.6 Å². The van der Waals surface area contributed by atoms with Gasteiger partial charge in [0.25, 0.3) is 11.2 Å². The minimum Gasteiger partial charge on any atom is -0.497 e. The Hall–Kier alpha value is -5.49. The number of aromatic amines is 1. The number of rotatable bonds is 35. The lowest BCUT2D eigenvalue weighted by Gasteiger charge is -2.50. The van der Waals surface area contributed by atoms with Gasteiger partial charge in [0.05, 0.1) is 52.9 Å². The second-order valence-electron chi connectivity index (χ2n) is 26.9. The average molecular weight is 1370 g/mol. The van der Waals surface area contributed by atoms with Gasteiger partial charge >= 0.3 is 18.0 Å². The van der Waals surface area contributed by atoms with Crippen molar-refractivity contribution in [3.8, 4) is 17.2 Å². The molecule has 2 saturated carbocycles. The molecule has 1 amide bonds. The van der Waals surface area contributed by atoms with Crippen LogP contribution in [0, 0.1) is 17.3 Å². The van der Waals surface area contributed by atoms with Gasteiger partial charge in [0, 0.05) is 48.3 Å². The molecular weight excluding hydrogens is 1270 g/mol. The Morgan fingerprint density at radius 1 is 0.768 bits per heavy atom. The number of likely N-dealkylation sites (N-methyl/N-ethyl adjacent to an activating group) is 1. The van der Waals surface area contributed by atoms with Crippen molar-refractivity contribution in [2.75, 3.05) is 73.1 Å². The number of nitrogens with zero attached hydrogens (tertiary/aromatic N) is 2. The minimum atomic E-state index is -5.57. The fourth-order valence-corrected chi connectivity index (χ4v) is 17.5. The molecule has 5 aromatic rings. The number of carbonyl (C=O) groups is 1. The van der Waals surface area contributed by atoms with E-state index in [4.69, 9.17) is 28.4 Å². The number of nitrogens with one attached hydrogen (secondary N) is 2. The van der Waals surface area contributed by atoms with Crippen molar-refractivity contribution in [3.63, 3.8) is 0 Å². The predicted molar refractivity (Wildman–Crippen MR) is 361 cm³/mol. The van der Waals surface area contributed by atoms with Crippen molar-refractivity contribution in [3.05, 3.63) is 157 Å². The number of hydrogen-bond acceptors (Lipinski definition) is 13. The Labute approximate surface area is 563 Å². The molecule has 0 bridgehead atoms. The lowest BCUT2D eigenvalue weighted by Crippen LogP contribution is -2.59. The maximum atomic E-state index is 13.7. The van der Waals surface area contributed by atoms with Crippen LogP contribution in [0.1, 0.15) is 170 Å². The van der Waals surface area contributed by atoms with Crippen LogP contribution in [0.4, 0.5) is 26.3 Å². The number of fused-ring (bicyclic) bond motifs is 5. The quantitative estimate of drug-likeness (QED) is 0.0171. The van der Waals surface area contributed by atoms with Crippen molar-refractivity contribution in [1.82, 2.24) is 19.8 Å². The first-order valence-electron chi connectivity index (χ1n) is 33.8. The van der Waals surface area contributed by atoms with Crippen LogP contribution in [-0.4, -0.2) is 128 Å². The molecule has 0 radical (unpaired) electrons. The predicted octanol–water partition coefficient (Wildman–Crippen LogP) is 15.3. The van der Waals surface area contributed by atoms with Gasteiger partial charge in [-0.1, -0.05) is 115 Å². The number of alkyl halides is 6. The van der Waals surface area contributed by atoms with Crippen molar-refractivity contribution < 1.29 is 64.3 Å². The van der Waals surface area contributed by atoms with E-state index in [2.05, 4.69) is 54.0 Å². The Bertz CT molecular complexity index is 3310. The lowest BCUT2D eigenvalue weighted by molar-refractivity contribution is -0.383. The van der Waals surface area contributed by atoms with Crippen LogP contribution in [-0.2, 0) is 42.2 Å². The van der Waals surface area contributed by atoms with Crippen LogP contribution in [0.5, 0.6) is 17.2 Å². The molecule has 95 heavy (non-hydrogen) atoms. The highest BCUT2D eigenvalue weighted by Crippen LogP contribution is 2.62. The fourth-order valence-electron chi connectivity index (χ4n) is 14.8. The molecule has 3 aliphatic carbocycles. The molecule has 4 aliphatic rings. The number of aryl methyl sites for hydroxylation is 2. The van der Waals surface area contributed by atoms with Crippen molar-refractivity contribution in [2.24, 2.45) is 17.3 Å². The van der Waals surface area contributed by atoms with Gasteiger partial charge in [-0.25, -0.2) is 4.79 Å². The normalized spacial score (nSPS) is 21.5. The SMILES string of the molecule is CCCC(OCCN(C)CCO[C@H]1CC[C@H]2C3CCc4cc(OCCC(C)(C)SSCCCCCCNC(=O)CCc5cn([C@H]6CC[C@@H](COC(c7ccccc7)(c7ccc(OC)cc7)c7ccc(OC)cc7)O6)c(=O)[nH]c5=O)ccc4C3CC[C@]12C)(C(F)(F)F)C(F)(F)F. The van der Waals surface area contributed by atoms with E-state index in [0.29, 0.717) is 74.0 Å². The molecule has 522 valence electrons. The van der Waals surface area contributed by atoms with E-state index in [1.807, 2.05) is 100 Å². The Morgan fingerprint density at radius 2 is 1.43 bits per heavy atom. The minimum absolute atomic E-state index is 0.00272. The number of hydrogen-bond donors (Lipinski definition) is 2. The van der Waals surface area contributed by atoms with Gasteiger partial charge in [-0.05, 0) is 192 Å². The fraction of sp³-hybridized carbons (Fsp3) is 0.603. The lowest BCUT2D eigenvalue weighted by atomic mass is 9.55. The van der Waals surface area contributed by atoms with Gasteiger partial charge in [-0.3, -0.25) is 19.1 Å². The van der Waals surface area contributed by atoms with Gasteiger partial charge < -0.3 is 43.4 Å². The number of ether oxygens (including phenoxy) is 7. The van der Waals surface area contributed by atoms with E-state index in [1.54, 1.807) is 26.2 Å². The molecule has 1 aromatic heterocycles. The Balaban J connectivity index is 0.638. The topological polar surface area (TPSA) is 152 Å². The summed E-state index contributed by atoms with van der Waals surface area (Å²) in [6.45, 7) is 9.42. The maximum absolute atomic E-state index is 13.7. The van der Waals surface area contributed by atoms with E-state index in [9.17, 15) is 40.7 Å². The van der Waals surface area contributed by atoms with E-state index in [-0.39, 0.29) is 60.7 Å².